The summed E-state index contributed by atoms with van der Waals surface area (Å²) in [4.78, 5) is 10.8. The molecule has 1 amide bonds. The van der Waals surface area contributed by atoms with Crippen LogP contribution in [0, 0.1) is 0 Å². The first-order valence-corrected chi connectivity index (χ1v) is 4.25. The van der Waals surface area contributed by atoms with Crippen LogP contribution in [0.3, 0.4) is 0 Å². The van der Waals surface area contributed by atoms with E-state index in [0.717, 1.165) is 12.1 Å². The molecular formula is C8H6BF3NO2-. The van der Waals surface area contributed by atoms with Gasteiger partial charge in [0, 0.05) is 12.1 Å². The molecule has 0 bridgehead atoms. The van der Waals surface area contributed by atoms with Crippen LogP contribution < -0.4 is 15.5 Å². The van der Waals surface area contributed by atoms with Gasteiger partial charge in [0.1, 0.15) is 5.75 Å². The summed E-state index contributed by atoms with van der Waals surface area (Å²) >= 11 is 0. The Balaban J connectivity index is 2.41. The van der Waals surface area contributed by atoms with Gasteiger partial charge >= 0.3 is 13.1 Å². The average molecular weight is 216 g/mol. The van der Waals surface area contributed by atoms with Crippen LogP contribution in [0.15, 0.2) is 18.2 Å². The molecule has 1 aromatic rings. The Hall–Kier alpha value is -1.66. The maximum atomic E-state index is 12.4. The van der Waals surface area contributed by atoms with Gasteiger partial charge in [-0.15, -0.1) is 5.46 Å². The third-order valence-electron chi connectivity index (χ3n) is 2.10. The Morgan fingerprint density at radius 2 is 2.07 bits per heavy atom. The standard InChI is InChI=1S/C8H6BF3NO2/c10-9(11,12)6-2-1-5-4-13-8(14)15-7(5)3-6/h1-3H,4H2,(H,13,14)/q-1. The summed E-state index contributed by atoms with van der Waals surface area (Å²) in [6.45, 7) is -4.86. The van der Waals surface area contributed by atoms with Crippen molar-refractivity contribution in [2.45, 2.75) is 6.54 Å². The lowest BCUT2D eigenvalue weighted by atomic mass is 9.79. The molecule has 15 heavy (non-hydrogen) atoms. The van der Waals surface area contributed by atoms with Crippen molar-refractivity contribution in [2.75, 3.05) is 0 Å². The van der Waals surface area contributed by atoms with Crippen LogP contribution in [0.5, 0.6) is 5.75 Å². The van der Waals surface area contributed by atoms with Crippen molar-refractivity contribution < 1.29 is 22.5 Å². The quantitative estimate of drug-likeness (QED) is 0.719. The Labute approximate surface area is 83.3 Å². The molecule has 0 aromatic heterocycles. The smallest absolute Gasteiger partial charge is 0.445 e. The molecule has 0 saturated carbocycles. The number of benzene rings is 1. The monoisotopic (exact) mass is 216 g/mol. The number of ether oxygens (including phenoxy) is 1. The molecule has 2 rings (SSSR count). The Morgan fingerprint density at radius 3 is 2.73 bits per heavy atom. The van der Waals surface area contributed by atoms with Gasteiger partial charge in [-0.2, -0.15) is 0 Å². The molecule has 7 heteroatoms. The van der Waals surface area contributed by atoms with E-state index in [-0.39, 0.29) is 12.3 Å². The van der Waals surface area contributed by atoms with Gasteiger partial charge in [0.15, 0.2) is 0 Å². The van der Waals surface area contributed by atoms with Crippen LogP contribution in [-0.4, -0.2) is 13.1 Å². The van der Waals surface area contributed by atoms with Gasteiger partial charge in [-0.05, 0) is 6.07 Å². The first kappa shape index (κ1) is 9.88. The lowest BCUT2D eigenvalue weighted by molar-refractivity contribution is 0.194. The van der Waals surface area contributed by atoms with Crippen molar-refractivity contribution in [1.82, 2.24) is 5.32 Å². The summed E-state index contributed by atoms with van der Waals surface area (Å²) < 4.78 is 41.7. The first-order valence-electron chi connectivity index (χ1n) is 4.25. The van der Waals surface area contributed by atoms with Crippen molar-refractivity contribution in [1.29, 1.82) is 0 Å². The van der Waals surface area contributed by atoms with Gasteiger partial charge < -0.3 is 23.0 Å². The van der Waals surface area contributed by atoms with Gasteiger partial charge in [0.25, 0.3) is 0 Å². The maximum absolute atomic E-state index is 12.4. The van der Waals surface area contributed by atoms with E-state index in [1.165, 1.54) is 6.07 Å². The molecule has 0 unspecified atom stereocenters. The van der Waals surface area contributed by atoms with E-state index in [4.69, 9.17) is 0 Å². The second-order valence-corrected chi connectivity index (χ2v) is 3.18. The van der Waals surface area contributed by atoms with E-state index in [0.29, 0.717) is 5.56 Å². The number of halogens is 3. The highest BCUT2D eigenvalue weighted by Crippen LogP contribution is 2.22. The van der Waals surface area contributed by atoms with Crippen LogP contribution >= 0.6 is 0 Å². The van der Waals surface area contributed by atoms with Gasteiger partial charge in [-0.25, -0.2) is 4.79 Å². The van der Waals surface area contributed by atoms with Gasteiger partial charge in [-0.1, -0.05) is 12.1 Å². The molecule has 0 atom stereocenters. The number of carbonyl (C=O) groups is 1. The molecule has 0 saturated heterocycles. The lowest BCUT2D eigenvalue weighted by Gasteiger charge is -2.21. The van der Waals surface area contributed by atoms with Crippen LogP contribution in [0.2, 0.25) is 0 Å². The SMILES string of the molecule is O=C1NCc2ccc([B-](F)(F)F)cc2O1. The van der Waals surface area contributed by atoms with E-state index < -0.39 is 18.5 Å². The van der Waals surface area contributed by atoms with Crippen molar-refractivity contribution in [3.63, 3.8) is 0 Å². The fourth-order valence-corrected chi connectivity index (χ4v) is 1.32. The summed E-state index contributed by atoms with van der Waals surface area (Å²) in [5.74, 6) is -0.0181. The number of amides is 1. The molecule has 1 N–H and O–H groups in total. The fraction of sp³-hybridized carbons (Fsp3) is 0.125. The van der Waals surface area contributed by atoms with Gasteiger partial charge in [-0.3, -0.25) is 0 Å². The van der Waals surface area contributed by atoms with Gasteiger partial charge in [0.05, 0.1) is 0 Å². The zero-order chi connectivity index (χ0) is 11.1. The minimum absolute atomic E-state index is 0.0181. The number of fused-ring (bicyclic) bond motifs is 1. The minimum atomic E-state index is -5.06. The topological polar surface area (TPSA) is 38.3 Å². The number of carbonyl (C=O) groups excluding carboxylic acids is 1. The summed E-state index contributed by atoms with van der Waals surface area (Å²) in [7, 11) is 0. The number of nitrogens with one attached hydrogen (secondary N) is 1. The Morgan fingerprint density at radius 1 is 1.33 bits per heavy atom. The summed E-state index contributed by atoms with van der Waals surface area (Å²) in [5, 5.41) is 2.36. The third-order valence-corrected chi connectivity index (χ3v) is 2.10. The second kappa shape index (κ2) is 3.18. The van der Waals surface area contributed by atoms with Crippen molar-refractivity contribution in [3.05, 3.63) is 23.8 Å². The lowest BCUT2D eigenvalue weighted by Crippen LogP contribution is -2.36. The zero-order valence-corrected chi connectivity index (χ0v) is 7.47. The number of hydrogen-bond donors (Lipinski definition) is 1. The Bertz CT molecular complexity index is 419. The molecule has 3 nitrogen and oxygen atoms in total. The van der Waals surface area contributed by atoms with E-state index in [2.05, 4.69) is 10.1 Å². The first-order chi connectivity index (χ1) is 6.97. The van der Waals surface area contributed by atoms with Gasteiger partial charge in [0.2, 0.25) is 0 Å². The van der Waals surface area contributed by atoms with Crippen molar-refractivity contribution in [2.24, 2.45) is 0 Å². The fourth-order valence-electron chi connectivity index (χ4n) is 1.32. The molecule has 0 fully saturated rings. The van der Waals surface area contributed by atoms with Crippen LogP contribution in [0.1, 0.15) is 5.56 Å². The minimum Gasteiger partial charge on any atom is -0.445 e. The van der Waals surface area contributed by atoms with Crippen molar-refractivity contribution in [3.8, 4) is 5.75 Å². The molecule has 1 aliphatic rings. The average Bonchev–Trinajstić information content (AvgIpc) is 2.15. The highest BCUT2D eigenvalue weighted by Gasteiger charge is 2.27. The molecule has 80 valence electrons. The highest BCUT2D eigenvalue weighted by molar-refractivity contribution is 6.73. The molecule has 1 aromatic carbocycles. The predicted molar refractivity (Wildman–Crippen MR) is 48.0 cm³/mol. The maximum Gasteiger partial charge on any atom is 0.509 e. The third kappa shape index (κ3) is 1.90. The predicted octanol–water partition coefficient (Wildman–Crippen LogP) is 1.34. The van der Waals surface area contributed by atoms with E-state index in [1.54, 1.807) is 0 Å². The van der Waals surface area contributed by atoms with E-state index in [9.17, 15) is 17.7 Å². The summed E-state index contributed by atoms with van der Waals surface area (Å²) in [5.41, 5.74) is -0.221. The molecule has 0 aliphatic carbocycles. The van der Waals surface area contributed by atoms with Crippen LogP contribution in [0.25, 0.3) is 0 Å². The Kier molecular flexibility index (Phi) is 2.10. The van der Waals surface area contributed by atoms with Crippen LogP contribution in [-0.2, 0) is 6.54 Å². The van der Waals surface area contributed by atoms with E-state index >= 15 is 0 Å². The summed E-state index contributed by atoms with van der Waals surface area (Å²) in [6.07, 6.45) is -0.727. The molecule has 0 spiro atoms. The normalized spacial score (nSPS) is 15.3. The molecule has 0 radical (unpaired) electrons. The number of rotatable bonds is 1. The molecule has 1 heterocycles. The van der Waals surface area contributed by atoms with E-state index in [1.807, 2.05) is 0 Å². The number of hydrogen-bond acceptors (Lipinski definition) is 2. The van der Waals surface area contributed by atoms with Crippen molar-refractivity contribution >= 4 is 18.5 Å². The highest BCUT2D eigenvalue weighted by atomic mass is 19.4. The molecule has 1 aliphatic heterocycles. The zero-order valence-electron chi connectivity index (χ0n) is 7.47. The summed E-state index contributed by atoms with van der Waals surface area (Å²) in [6, 6.07) is 3.15. The molecular weight excluding hydrogens is 210 g/mol. The van der Waals surface area contributed by atoms with Crippen LogP contribution in [0.4, 0.5) is 17.7 Å². The largest absolute Gasteiger partial charge is 0.509 e. The second-order valence-electron chi connectivity index (χ2n) is 3.18.